The van der Waals surface area contributed by atoms with Crippen LogP contribution in [0.2, 0.25) is 10.0 Å². The molecule has 1 fully saturated rings. The third kappa shape index (κ3) is 4.85. The van der Waals surface area contributed by atoms with Gasteiger partial charge in [0.15, 0.2) is 0 Å². The molecule has 1 aromatic carbocycles. The van der Waals surface area contributed by atoms with Crippen LogP contribution in [0.25, 0.3) is 0 Å². The highest BCUT2D eigenvalue weighted by atomic mass is 35.5. The molecule has 0 spiro atoms. The van der Waals surface area contributed by atoms with Crippen molar-refractivity contribution in [3.05, 3.63) is 33.8 Å². The van der Waals surface area contributed by atoms with Gasteiger partial charge in [-0.25, -0.2) is 0 Å². The molecule has 4 nitrogen and oxygen atoms in total. The summed E-state index contributed by atoms with van der Waals surface area (Å²) < 4.78 is 0. The van der Waals surface area contributed by atoms with Gasteiger partial charge in [-0.2, -0.15) is 0 Å². The third-order valence-electron chi connectivity index (χ3n) is 3.97. The average molecular weight is 331 g/mol. The summed E-state index contributed by atoms with van der Waals surface area (Å²) in [6.07, 6.45) is 1.96. The number of likely N-dealkylation sites (tertiary alicyclic amines) is 1. The van der Waals surface area contributed by atoms with Crippen LogP contribution in [0.15, 0.2) is 18.2 Å². The minimum Gasteiger partial charge on any atom is -0.480 e. The Bertz CT molecular complexity index is 502. The molecule has 1 saturated heterocycles. The maximum absolute atomic E-state index is 10.7. The summed E-state index contributed by atoms with van der Waals surface area (Å²) in [6, 6.07) is 5.94. The summed E-state index contributed by atoms with van der Waals surface area (Å²) in [5.74, 6) is -0.770. The smallest absolute Gasteiger partial charge is 0.317 e. The Kier molecular flexibility index (Phi) is 5.88. The van der Waals surface area contributed by atoms with Crippen molar-refractivity contribution in [2.75, 3.05) is 26.7 Å². The second-order valence-electron chi connectivity index (χ2n) is 5.55. The van der Waals surface area contributed by atoms with E-state index in [4.69, 9.17) is 28.3 Å². The largest absolute Gasteiger partial charge is 0.480 e. The first-order valence-corrected chi connectivity index (χ1v) is 7.79. The van der Waals surface area contributed by atoms with Crippen LogP contribution in [-0.2, 0) is 11.3 Å². The molecule has 0 radical (unpaired) electrons. The highest BCUT2D eigenvalue weighted by Crippen LogP contribution is 2.24. The van der Waals surface area contributed by atoms with E-state index in [9.17, 15) is 4.79 Å². The van der Waals surface area contributed by atoms with E-state index in [0.717, 1.165) is 38.0 Å². The van der Waals surface area contributed by atoms with Crippen molar-refractivity contribution in [1.82, 2.24) is 9.80 Å². The number of benzene rings is 1. The van der Waals surface area contributed by atoms with E-state index in [0.29, 0.717) is 16.1 Å². The molecule has 0 aromatic heterocycles. The number of nitrogens with zero attached hydrogens (tertiary/aromatic N) is 2. The molecule has 0 aliphatic carbocycles. The molecule has 6 heteroatoms. The van der Waals surface area contributed by atoms with E-state index >= 15 is 0 Å². The Labute approximate surface area is 135 Å². The monoisotopic (exact) mass is 330 g/mol. The van der Waals surface area contributed by atoms with Crippen LogP contribution >= 0.6 is 23.2 Å². The molecular formula is C15H20Cl2N2O2. The predicted octanol–water partition coefficient (Wildman–Crippen LogP) is 2.97. The SMILES string of the molecule is CN(CC(=O)O)C1CCN(Cc2ccc(Cl)cc2Cl)CC1. The summed E-state index contributed by atoms with van der Waals surface area (Å²) >= 11 is 12.1. The van der Waals surface area contributed by atoms with Gasteiger partial charge in [-0.15, -0.1) is 0 Å². The minimum absolute atomic E-state index is 0.105. The van der Waals surface area contributed by atoms with Crippen LogP contribution in [0, 0.1) is 0 Å². The number of hydrogen-bond acceptors (Lipinski definition) is 3. The molecule has 21 heavy (non-hydrogen) atoms. The van der Waals surface area contributed by atoms with E-state index in [2.05, 4.69) is 4.90 Å². The summed E-state index contributed by atoms with van der Waals surface area (Å²) in [5.41, 5.74) is 1.08. The van der Waals surface area contributed by atoms with Crippen LogP contribution in [-0.4, -0.2) is 53.6 Å². The number of halogens is 2. The summed E-state index contributed by atoms with van der Waals surface area (Å²) in [4.78, 5) is 15.0. The Balaban J connectivity index is 1.85. The molecule has 1 N–H and O–H groups in total. The average Bonchev–Trinajstić information content (AvgIpc) is 2.42. The number of carbonyl (C=O) groups is 1. The van der Waals surface area contributed by atoms with Crippen molar-refractivity contribution < 1.29 is 9.90 Å². The van der Waals surface area contributed by atoms with Gasteiger partial charge in [0.25, 0.3) is 0 Å². The van der Waals surface area contributed by atoms with Crippen molar-refractivity contribution in [2.45, 2.75) is 25.4 Å². The maximum Gasteiger partial charge on any atom is 0.317 e. The normalized spacial score (nSPS) is 17.3. The molecule has 0 amide bonds. The molecule has 1 aliphatic rings. The number of likely N-dealkylation sites (N-methyl/N-ethyl adjacent to an activating group) is 1. The number of rotatable bonds is 5. The van der Waals surface area contributed by atoms with Crippen LogP contribution in [0.4, 0.5) is 0 Å². The minimum atomic E-state index is -0.770. The molecule has 0 bridgehead atoms. The Hall–Kier alpha value is -0.810. The third-order valence-corrected chi connectivity index (χ3v) is 4.56. The van der Waals surface area contributed by atoms with Crippen molar-refractivity contribution in [2.24, 2.45) is 0 Å². The van der Waals surface area contributed by atoms with Gasteiger partial charge in [-0.05, 0) is 50.7 Å². The van der Waals surface area contributed by atoms with Crippen molar-refractivity contribution in [1.29, 1.82) is 0 Å². The number of piperidine rings is 1. The molecule has 116 valence electrons. The molecule has 0 saturated carbocycles. The Morgan fingerprint density at radius 2 is 2.05 bits per heavy atom. The van der Waals surface area contributed by atoms with Gasteiger partial charge >= 0.3 is 5.97 Å². The second kappa shape index (κ2) is 7.45. The summed E-state index contributed by atoms with van der Waals surface area (Å²) in [5, 5.41) is 10.2. The van der Waals surface area contributed by atoms with E-state index < -0.39 is 5.97 Å². The Morgan fingerprint density at radius 1 is 1.38 bits per heavy atom. The topological polar surface area (TPSA) is 43.8 Å². The van der Waals surface area contributed by atoms with E-state index in [-0.39, 0.29) is 6.54 Å². The summed E-state index contributed by atoms with van der Waals surface area (Å²) in [6.45, 7) is 2.82. The predicted molar refractivity (Wildman–Crippen MR) is 85.0 cm³/mol. The lowest BCUT2D eigenvalue weighted by molar-refractivity contribution is -0.138. The van der Waals surface area contributed by atoms with E-state index in [1.807, 2.05) is 24.1 Å². The van der Waals surface area contributed by atoms with Gasteiger partial charge < -0.3 is 5.11 Å². The fourth-order valence-electron chi connectivity index (χ4n) is 2.75. The van der Waals surface area contributed by atoms with Crippen LogP contribution in [0.1, 0.15) is 18.4 Å². The highest BCUT2D eigenvalue weighted by molar-refractivity contribution is 6.35. The van der Waals surface area contributed by atoms with Crippen LogP contribution in [0.5, 0.6) is 0 Å². The van der Waals surface area contributed by atoms with Crippen LogP contribution < -0.4 is 0 Å². The number of aliphatic carboxylic acids is 1. The molecule has 2 rings (SSSR count). The summed E-state index contributed by atoms with van der Waals surface area (Å²) in [7, 11) is 1.88. The molecule has 0 unspecified atom stereocenters. The first kappa shape index (κ1) is 16.6. The zero-order valence-corrected chi connectivity index (χ0v) is 13.6. The molecule has 1 aromatic rings. The maximum atomic E-state index is 10.7. The lowest BCUT2D eigenvalue weighted by atomic mass is 10.0. The van der Waals surface area contributed by atoms with Gasteiger partial charge in [0.2, 0.25) is 0 Å². The van der Waals surface area contributed by atoms with Crippen LogP contribution in [0.3, 0.4) is 0 Å². The van der Waals surface area contributed by atoms with E-state index in [1.165, 1.54) is 0 Å². The number of carboxylic acids is 1. The number of carboxylic acid groups (broad SMARTS) is 1. The first-order chi connectivity index (χ1) is 9.95. The Morgan fingerprint density at radius 3 is 2.62 bits per heavy atom. The molecule has 1 heterocycles. The zero-order chi connectivity index (χ0) is 15.4. The van der Waals surface area contributed by atoms with Crippen molar-refractivity contribution in [3.8, 4) is 0 Å². The van der Waals surface area contributed by atoms with Gasteiger partial charge in [0.1, 0.15) is 0 Å². The molecular weight excluding hydrogens is 311 g/mol. The van der Waals surface area contributed by atoms with Gasteiger partial charge in [0.05, 0.1) is 6.54 Å². The molecule has 1 aliphatic heterocycles. The fourth-order valence-corrected chi connectivity index (χ4v) is 3.22. The lowest BCUT2D eigenvalue weighted by Crippen LogP contribution is -2.44. The van der Waals surface area contributed by atoms with Gasteiger partial charge in [-0.3, -0.25) is 14.6 Å². The lowest BCUT2D eigenvalue weighted by Gasteiger charge is -2.36. The molecule has 0 atom stereocenters. The fraction of sp³-hybridized carbons (Fsp3) is 0.533. The van der Waals surface area contributed by atoms with Gasteiger partial charge in [0, 0.05) is 22.6 Å². The second-order valence-corrected chi connectivity index (χ2v) is 6.40. The zero-order valence-electron chi connectivity index (χ0n) is 12.1. The van der Waals surface area contributed by atoms with Crippen molar-refractivity contribution in [3.63, 3.8) is 0 Å². The van der Waals surface area contributed by atoms with Crippen molar-refractivity contribution >= 4 is 29.2 Å². The highest BCUT2D eigenvalue weighted by Gasteiger charge is 2.23. The first-order valence-electron chi connectivity index (χ1n) is 7.04. The standard InChI is InChI=1S/C15H20Cl2N2O2/c1-18(10-15(20)21)13-4-6-19(7-5-13)9-11-2-3-12(16)8-14(11)17/h2-3,8,13H,4-7,9-10H2,1H3,(H,20,21). The van der Waals surface area contributed by atoms with E-state index in [1.54, 1.807) is 6.07 Å². The van der Waals surface area contributed by atoms with Gasteiger partial charge in [-0.1, -0.05) is 29.3 Å². The quantitative estimate of drug-likeness (QED) is 0.901. The number of hydrogen-bond donors (Lipinski definition) is 1.